The third-order valence-electron chi connectivity index (χ3n) is 3.98. The average molecular weight is 315 g/mol. The van der Waals surface area contributed by atoms with Crippen LogP contribution in [0, 0.1) is 0 Å². The Bertz CT molecular complexity index is 395. The molecule has 7 heteroatoms. The van der Waals surface area contributed by atoms with Gasteiger partial charge in [-0.05, 0) is 13.8 Å². The molecule has 0 aromatic carbocycles. The van der Waals surface area contributed by atoms with Gasteiger partial charge < -0.3 is 14.9 Å². The standard InChI is InChI=1S/C14H25N3O3S/c1-14(2)11-17(9-10-21-14)13(20)16-7-5-15(6-8-16)4-3-12(18)19/h3-11H2,1-2H3,(H,18,19). The van der Waals surface area contributed by atoms with Crippen molar-refractivity contribution >= 4 is 23.8 Å². The lowest BCUT2D eigenvalue weighted by Crippen LogP contribution is -2.56. The van der Waals surface area contributed by atoms with Crippen LogP contribution in [0.25, 0.3) is 0 Å². The molecule has 0 atom stereocenters. The van der Waals surface area contributed by atoms with Crippen molar-refractivity contribution in [3.05, 3.63) is 0 Å². The second-order valence-corrected chi connectivity index (χ2v) is 8.09. The summed E-state index contributed by atoms with van der Waals surface area (Å²) in [6.07, 6.45) is 0.172. The van der Waals surface area contributed by atoms with Gasteiger partial charge in [0.2, 0.25) is 0 Å². The molecule has 0 aliphatic carbocycles. The van der Waals surface area contributed by atoms with E-state index in [1.807, 2.05) is 21.6 Å². The van der Waals surface area contributed by atoms with Gasteiger partial charge in [0.1, 0.15) is 0 Å². The molecule has 0 spiro atoms. The molecule has 2 saturated heterocycles. The molecule has 2 heterocycles. The maximum absolute atomic E-state index is 12.5. The van der Waals surface area contributed by atoms with E-state index >= 15 is 0 Å². The number of carbonyl (C=O) groups excluding carboxylic acids is 1. The smallest absolute Gasteiger partial charge is 0.320 e. The van der Waals surface area contributed by atoms with E-state index < -0.39 is 5.97 Å². The monoisotopic (exact) mass is 315 g/mol. The maximum Gasteiger partial charge on any atom is 0.320 e. The van der Waals surface area contributed by atoms with E-state index in [4.69, 9.17) is 5.11 Å². The van der Waals surface area contributed by atoms with Crippen LogP contribution in [0.5, 0.6) is 0 Å². The van der Waals surface area contributed by atoms with Gasteiger partial charge in [-0.3, -0.25) is 9.69 Å². The summed E-state index contributed by atoms with van der Waals surface area (Å²) in [4.78, 5) is 29.1. The summed E-state index contributed by atoms with van der Waals surface area (Å²) in [6.45, 7) is 9.50. The molecule has 0 unspecified atom stereocenters. The Balaban J connectivity index is 1.79. The van der Waals surface area contributed by atoms with Gasteiger partial charge in [0.05, 0.1) is 6.42 Å². The van der Waals surface area contributed by atoms with E-state index in [0.717, 1.165) is 31.9 Å². The quantitative estimate of drug-likeness (QED) is 0.842. The van der Waals surface area contributed by atoms with Crippen LogP contribution in [0.3, 0.4) is 0 Å². The largest absolute Gasteiger partial charge is 0.481 e. The minimum absolute atomic E-state index is 0.136. The number of piperazine rings is 1. The Morgan fingerprint density at radius 3 is 2.33 bits per heavy atom. The van der Waals surface area contributed by atoms with Crippen LogP contribution < -0.4 is 0 Å². The van der Waals surface area contributed by atoms with Gasteiger partial charge in [0.25, 0.3) is 0 Å². The first kappa shape index (κ1) is 16.4. The Morgan fingerprint density at radius 2 is 1.76 bits per heavy atom. The fourth-order valence-corrected chi connectivity index (χ4v) is 3.91. The minimum Gasteiger partial charge on any atom is -0.481 e. The highest BCUT2D eigenvalue weighted by atomic mass is 32.2. The fraction of sp³-hybridized carbons (Fsp3) is 0.857. The molecule has 0 saturated carbocycles. The first-order chi connectivity index (χ1) is 9.87. The molecule has 21 heavy (non-hydrogen) atoms. The number of hydrogen-bond donors (Lipinski definition) is 1. The second kappa shape index (κ2) is 6.87. The van der Waals surface area contributed by atoms with Gasteiger partial charge in [-0.25, -0.2) is 4.79 Å². The lowest BCUT2D eigenvalue weighted by atomic mass is 10.2. The van der Waals surface area contributed by atoms with Crippen LogP contribution in [-0.4, -0.2) is 88.1 Å². The van der Waals surface area contributed by atoms with Crippen molar-refractivity contribution in [3.63, 3.8) is 0 Å². The molecule has 0 aromatic rings. The summed E-state index contributed by atoms with van der Waals surface area (Å²) in [6, 6.07) is 0.140. The number of aliphatic carboxylic acids is 1. The highest BCUT2D eigenvalue weighted by Crippen LogP contribution is 2.30. The zero-order valence-electron chi connectivity index (χ0n) is 12.9. The average Bonchev–Trinajstić information content (AvgIpc) is 2.44. The summed E-state index contributed by atoms with van der Waals surface area (Å²) < 4.78 is 0.136. The number of carbonyl (C=O) groups is 2. The number of amides is 2. The van der Waals surface area contributed by atoms with Crippen molar-refractivity contribution in [1.29, 1.82) is 0 Å². The zero-order valence-corrected chi connectivity index (χ0v) is 13.7. The number of nitrogens with zero attached hydrogens (tertiary/aromatic N) is 3. The van der Waals surface area contributed by atoms with Crippen LogP contribution in [0.2, 0.25) is 0 Å². The summed E-state index contributed by atoms with van der Waals surface area (Å²) in [5, 5.41) is 8.70. The molecular formula is C14H25N3O3S. The fourth-order valence-electron chi connectivity index (χ4n) is 2.80. The normalized spacial score (nSPS) is 23.1. The van der Waals surface area contributed by atoms with Crippen molar-refractivity contribution in [2.75, 3.05) is 51.6 Å². The van der Waals surface area contributed by atoms with E-state index in [1.165, 1.54) is 0 Å². The third-order valence-corrected chi connectivity index (χ3v) is 5.28. The van der Waals surface area contributed by atoms with Gasteiger partial charge in [-0.15, -0.1) is 0 Å². The Morgan fingerprint density at radius 1 is 1.10 bits per heavy atom. The molecule has 2 rings (SSSR count). The molecule has 120 valence electrons. The highest BCUT2D eigenvalue weighted by Gasteiger charge is 2.32. The minimum atomic E-state index is -0.762. The topological polar surface area (TPSA) is 64.1 Å². The number of rotatable bonds is 3. The second-order valence-electron chi connectivity index (χ2n) is 6.28. The van der Waals surface area contributed by atoms with Crippen molar-refractivity contribution in [3.8, 4) is 0 Å². The Kier molecular flexibility index (Phi) is 5.37. The molecule has 2 fully saturated rings. The number of carboxylic acids is 1. The van der Waals surface area contributed by atoms with Crippen LogP contribution in [0.1, 0.15) is 20.3 Å². The van der Waals surface area contributed by atoms with E-state index in [0.29, 0.717) is 19.6 Å². The molecule has 2 aliphatic heterocycles. The predicted octanol–water partition coefficient (Wildman–Crippen LogP) is 1.03. The third kappa shape index (κ3) is 4.78. The SMILES string of the molecule is CC1(C)CN(C(=O)N2CCN(CCC(=O)O)CC2)CCS1. The lowest BCUT2D eigenvalue weighted by molar-refractivity contribution is -0.137. The molecule has 2 amide bonds. The summed E-state index contributed by atoms with van der Waals surface area (Å²) >= 11 is 1.92. The Labute approximate surface area is 130 Å². The highest BCUT2D eigenvalue weighted by molar-refractivity contribution is 8.00. The van der Waals surface area contributed by atoms with Gasteiger partial charge in [-0.2, -0.15) is 11.8 Å². The van der Waals surface area contributed by atoms with Crippen LogP contribution >= 0.6 is 11.8 Å². The zero-order chi connectivity index (χ0) is 15.5. The van der Waals surface area contributed by atoms with Crippen molar-refractivity contribution in [1.82, 2.24) is 14.7 Å². The maximum atomic E-state index is 12.5. The van der Waals surface area contributed by atoms with Crippen molar-refractivity contribution in [2.45, 2.75) is 25.0 Å². The molecule has 0 aromatic heterocycles. The predicted molar refractivity (Wildman–Crippen MR) is 83.8 cm³/mol. The molecule has 0 radical (unpaired) electrons. The van der Waals surface area contributed by atoms with Gasteiger partial charge in [0, 0.05) is 56.3 Å². The number of urea groups is 1. The summed E-state index contributed by atoms with van der Waals surface area (Å²) in [5.74, 6) is 0.235. The van der Waals surface area contributed by atoms with Gasteiger partial charge in [-0.1, -0.05) is 0 Å². The summed E-state index contributed by atoms with van der Waals surface area (Å²) in [5.41, 5.74) is 0. The molecule has 6 nitrogen and oxygen atoms in total. The number of carboxylic acid groups (broad SMARTS) is 1. The van der Waals surface area contributed by atoms with E-state index in [-0.39, 0.29) is 17.2 Å². The van der Waals surface area contributed by atoms with Crippen molar-refractivity contribution < 1.29 is 14.7 Å². The van der Waals surface area contributed by atoms with Gasteiger partial charge in [0.15, 0.2) is 0 Å². The first-order valence-corrected chi connectivity index (χ1v) is 8.48. The van der Waals surface area contributed by atoms with E-state index in [9.17, 15) is 9.59 Å². The number of thioether (sulfide) groups is 1. The molecule has 0 bridgehead atoms. The summed E-state index contributed by atoms with van der Waals surface area (Å²) in [7, 11) is 0. The Hall–Kier alpha value is -0.950. The van der Waals surface area contributed by atoms with E-state index in [2.05, 4.69) is 18.7 Å². The first-order valence-electron chi connectivity index (χ1n) is 7.49. The number of hydrogen-bond acceptors (Lipinski definition) is 4. The lowest BCUT2D eigenvalue weighted by Gasteiger charge is -2.42. The van der Waals surface area contributed by atoms with E-state index in [1.54, 1.807) is 0 Å². The van der Waals surface area contributed by atoms with Crippen LogP contribution in [-0.2, 0) is 4.79 Å². The van der Waals surface area contributed by atoms with Crippen molar-refractivity contribution in [2.24, 2.45) is 0 Å². The van der Waals surface area contributed by atoms with Crippen LogP contribution in [0.4, 0.5) is 4.79 Å². The molecule has 1 N–H and O–H groups in total. The molecular weight excluding hydrogens is 290 g/mol. The van der Waals surface area contributed by atoms with Gasteiger partial charge >= 0.3 is 12.0 Å². The molecule has 2 aliphatic rings. The van der Waals surface area contributed by atoms with Crippen LogP contribution in [0.15, 0.2) is 0 Å².